The number of hydrogen-bond donors (Lipinski definition) is 2. The van der Waals surface area contributed by atoms with Crippen LogP contribution in [0.1, 0.15) is 34.7 Å². The zero-order valence-corrected chi connectivity index (χ0v) is 21.7. The van der Waals surface area contributed by atoms with Crippen LogP contribution in [-0.4, -0.2) is 19.8 Å². The summed E-state index contributed by atoms with van der Waals surface area (Å²) in [6.45, 7) is 4.20. The normalized spacial score (nSPS) is 17.8. The van der Waals surface area contributed by atoms with Gasteiger partial charge >= 0.3 is 0 Å². The van der Waals surface area contributed by atoms with Crippen molar-refractivity contribution >= 4 is 50.5 Å². The summed E-state index contributed by atoms with van der Waals surface area (Å²) < 4.78 is 3.24. The molecule has 2 atom stereocenters. The van der Waals surface area contributed by atoms with Crippen LogP contribution in [0.3, 0.4) is 0 Å². The minimum Gasteiger partial charge on any atom is -0.506 e. The van der Waals surface area contributed by atoms with Crippen LogP contribution in [0.5, 0.6) is 5.75 Å². The highest BCUT2D eigenvalue weighted by molar-refractivity contribution is 9.10. The van der Waals surface area contributed by atoms with E-state index >= 15 is 0 Å². The molecule has 0 saturated carbocycles. The zero-order chi connectivity index (χ0) is 24.0. The van der Waals surface area contributed by atoms with E-state index in [4.69, 9.17) is 23.8 Å². The SMILES string of the molecule is Cc1cc([C@H]2[C@@H](c3ccccn3)NC(=S)N2c2cc(Cl)ccc2O)c(C)n1-c1ccccc1Br. The Morgan fingerprint density at radius 2 is 1.79 bits per heavy atom. The number of phenols is 1. The first-order valence-electron chi connectivity index (χ1n) is 10.8. The van der Waals surface area contributed by atoms with Crippen LogP contribution >= 0.6 is 39.7 Å². The fraction of sp³-hybridized carbons (Fsp3) is 0.154. The second-order valence-corrected chi connectivity index (χ2v) is 9.92. The molecule has 0 aliphatic carbocycles. The summed E-state index contributed by atoms with van der Waals surface area (Å²) in [4.78, 5) is 6.57. The van der Waals surface area contributed by atoms with Crippen LogP contribution in [0.25, 0.3) is 5.69 Å². The summed E-state index contributed by atoms with van der Waals surface area (Å²) >= 11 is 15.8. The van der Waals surface area contributed by atoms with E-state index in [1.807, 2.05) is 41.3 Å². The highest BCUT2D eigenvalue weighted by atomic mass is 79.9. The number of benzene rings is 2. The average molecular weight is 554 g/mol. The fourth-order valence-corrected chi connectivity index (χ4v) is 5.68. The summed E-state index contributed by atoms with van der Waals surface area (Å²) in [7, 11) is 0. The number of hydrogen-bond acceptors (Lipinski definition) is 3. The largest absolute Gasteiger partial charge is 0.506 e. The molecule has 0 spiro atoms. The third-order valence-electron chi connectivity index (χ3n) is 6.18. The van der Waals surface area contributed by atoms with Crippen molar-refractivity contribution in [2.75, 3.05) is 4.90 Å². The van der Waals surface area contributed by atoms with E-state index < -0.39 is 0 Å². The van der Waals surface area contributed by atoms with Gasteiger partial charge < -0.3 is 19.9 Å². The Hall–Kier alpha value is -2.87. The predicted molar refractivity (Wildman–Crippen MR) is 144 cm³/mol. The lowest BCUT2D eigenvalue weighted by Crippen LogP contribution is -2.29. The number of nitrogens with one attached hydrogen (secondary N) is 1. The minimum atomic E-state index is -0.255. The number of phenolic OH excluding ortho intramolecular Hbond substituents is 1. The number of aromatic hydroxyl groups is 1. The first kappa shape index (κ1) is 22.9. The lowest BCUT2D eigenvalue weighted by molar-refractivity contribution is 0.472. The number of pyridine rings is 1. The topological polar surface area (TPSA) is 53.3 Å². The Balaban J connectivity index is 1.72. The van der Waals surface area contributed by atoms with Gasteiger partial charge in [0.1, 0.15) is 5.75 Å². The number of aromatic nitrogens is 2. The maximum Gasteiger partial charge on any atom is 0.174 e. The molecule has 5 nitrogen and oxygen atoms in total. The number of anilines is 1. The molecular formula is C26H22BrClN4OS. The summed E-state index contributed by atoms with van der Waals surface area (Å²) in [6.07, 6.45) is 1.78. The van der Waals surface area contributed by atoms with Gasteiger partial charge in [0, 0.05) is 27.1 Å². The number of rotatable bonds is 4. The van der Waals surface area contributed by atoms with Gasteiger partial charge in [0.15, 0.2) is 5.11 Å². The van der Waals surface area contributed by atoms with E-state index in [0.717, 1.165) is 32.8 Å². The highest BCUT2D eigenvalue weighted by Crippen LogP contribution is 2.46. The first-order chi connectivity index (χ1) is 16.4. The quantitative estimate of drug-likeness (QED) is 0.273. The van der Waals surface area contributed by atoms with E-state index in [1.54, 1.807) is 24.4 Å². The van der Waals surface area contributed by atoms with Crippen LogP contribution in [0.15, 0.2) is 77.4 Å². The van der Waals surface area contributed by atoms with Gasteiger partial charge in [-0.05, 0) is 96.1 Å². The number of halogens is 2. The molecule has 2 N–H and O–H groups in total. The van der Waals surface area contributed by atoms with Crippen molar-refractivity contribution in [2.45, 2.75) is 25.9 Å². The molecule has 0 amide bonds. The Labute approximate surface area is 217 Å². The molecule has 1 aliphatic rings. The molecule has 4 aromatic rings. The smallest absolute Gasteiger partial charge is 0.174 e. The molecule has 8 heteroatoms. The molecule has 3 heterocycles. The molecule has 0 radical (unpaired) electrons. The van der Waals surface area contributed by atoms with Crippen LogP contribution in [0.2, 0.25) is 5.02 Å². The maximum absolute atomic E-state index is 10.8. The molecule has 0 unspecified atom stereocenters. The Morgan fingerprint density at radius 1 is 1.03 bits per heavy atom. The molecule has 1 saturated heterocycles. The van der Waals surface area contributed by atoms with Gasteiger partial charge in [-0.25, -0.2) is 0 Å². The average Bonchev–Trinajstić information content (AvgIpc) is 3.32. The third kappa shape index (κ3) is 3.87. The van der Waals surface area contributed by atoms with E-state index in [0.29, 0.717) is 15.8 Å². The van der Waals surface area contributed by atoms with Gasteiger partial charge in [-0.15, -0.1) is 0 Å². The molecule has 34 heavy (non-hydrogen) atoms. The monoisotopic (exact) mass is 552 g/mol. The van der Waals surface area contributed by atoms with Gasteiger partial charge in [-0.3, -0.25) is 4.98 Å². The predicted octanol–water partition coefficient (Wildman–Crippen LogP) is 6.79. The Morgan fingerprint density at radius 3 is 2.53 bits per heavy atom. The lowest BCUT2D eigenvalue weighted by atomic mass is 9.96. The van der Waals surface area contributed by atoms with Crippen molar-refractivity contribution < 1.29 is 5.11 Å². The first-order valence-corrected chi connectivity index (χ1v) is 12.4. The van der Waals surface area contributed by atoms with Crippen molar-refractivity contribution in [3.8, 4) is 11.4 Å². The second kappa shape index (κ2) is 9.06. The Kier molecular flexibility index (Phi) is 6.10. The molecular weight excluding hydrogens is 532 g/mol. The molecule has 1 fully saturated rings. The van der Waals surface area contributed by atoms with Crippen molar-refractivity contribution in [3.63, 3.8) is 0 Å². The van der Waals surface area contributed by atoms with Gasteiger partial charge in [0.2, 0.25) is 0 Å². The molecule has 2 aromatic heterocycles. The highest BCUT2D eigenvalue weighted by Gasteiger charge is 2.43. The number of thiocarbonyl (C=S) groups is 1. The number of nitrogens with zero attached hydrogens (tertiary/aromatic N) is 3. The van der Waals surface area contributed by atoms with E-state index in [9.17, 15) is 5.11 Å². The van der Waals surface area contributed by atoms with Crippen LogP contribution < -0.4 is 10.2 Å². The second-order valence-electron chi connectivity index (χ2n) is 8.24. The minimum absolute atomic E-state index is 0.111. The summed E-state index contributed by atoms with van der Waals surface area (Å²) in [6, 6.07) is 20.7. The molecule has 0 bridgehead atoms. The molecule has 172 valence electrons. The van der Waals surface area contributed by atoms with Gasteiger partial charge in [-0.2, -0.15) is 0 Å². The third-order valence-corrected chi connectivity index (χ3v) is 7.40. The summed E-state index contributed by atoms with van der Waals surface area (Å²) in [5.74, 6) is 0.111. The van der Waals surface area contributed by atoms with E-state index in [-0.39, 0.29) is 17.8 Å². The van der Waals surface area contributed by atoms with E-state index in [2.05, 4.69) is 56.8 Å². The molecule has 2 aromatic carbocycles. The fourth-order valence-electron chi connectivity index (χ4n) is 4.71. The molecule has 5 rings (SSSR count). The molecule has 1 aliphatic heterocycles. The van der Waals surface area contributed by atoms with Gasteiger partial charge in [-0.1, -0.05) is 29.8 Å². The Bertz CT molecular complexity index is 1390. The van der Waals surface area contributed by atoms with Crippen LogP contribution in [0.4, 0.5) is 5.69 Å². The van der Waals surface area contributed by atoms with Crippen LogP contribution in [-0.2, 0) is 0 Å². The summed E-state index contributed by atoms with van der Waals surface area (Å²) in [5, 5.41) is 15.2. The van der Waals surface area contributed by atoms with Gasteiger partial charge in [0.25, 0.3) is 0 Å². The van der Waals surface area contributed by atoms with Gasteiger partial charge in [0.05, 0.1) is 29.2 Å². The number of para-hydroxylation sites is 1. The standard InChI is InChI=1S/C26H22BrClN4OS/c1-15-13-18(16(2)31(15)21-9-4-3-7-19(21)27)25-24(20-8-5-6-12-29-20)30-26(34)32(25)22-14-17(28)10-11-23(22)33/h3-14,24-25,33H,1-2H3,(H,30,34)/t24-,25+/m1/s1. The van der Waals surface area contributed by atoms with Crippen molar-refractivity contribution in [1.82, 2.24) is 14.9 Å². The van der Waals surface area contributed by atoms with Crippen molar-refractivity contribution in [3.05, 3.63) is 105 Å². The lowest BCUT2D eigenvalue weighted by Gasteiger charge is -2.29. The van der Waals surface area contributed by atoms with E-state index in [1.165, 1.54) is 0 Å². The van der Waals surface area contributed by atoms with Crippen molar-refractivity contribution in [1.29, 1.82) is 0 Å². The maximum atomic E-state index is 10.8. The summed E-state index contributed by atoms with van der Waals surface area (Å²) in [5.41, 5.74) is 5.73. The van der Waals surface area contributed by atoms with Crippen molar-refractivity contribution in [2.24, 2.45) is 0 Å². The zero-order valence-electron chi connectivity index (χ0n) is 18.5. The van der Waals surface area contributed by atoms with Crippen LogP contribution in [0, 0.1) is 13.8 Å². The number of aryl methyl sites for hydroxylation is 1.